The lowest BCUT2D eigenvalue weighted by Gasteiger charge is -2.21. The van der Waals surface area contributed by atoms with Gasteiger partial charge in [0, 0.05) is 0 Å². The first kappa shape index (κ1) is 26.4. The molecule has 0 aliphatic rings. The summed E-state index contributed by atoms with van der Waals surface area (Å²) in [6.07, 6.45) is 0. The Morgan fingerprint density at radius 2 is 0.696 bits per heavy atom. The van der Waals surface area contributed by atoms with E-state index in [9.17, 15) is 0 Å². The van der Waals surface area contributed by atoms with Crippen LogP contribution in [0.2, 0.25) is 0 Å². The second-order valence-electron chi connectivity index (χ2n) is 12.0. The van der Waals surface area contributed by atoms with Crippen LogP contribution in [0.25, 0.3) is 87.6 Å². The minimum Gasteiger partial charge on any atom is -0.0622 e. The minimum absolute atomic E-state index is 1.21. The maximum absolute atomic E-state index is 2.42. The van der Waals surface area contributed by atoms with Gasteiger partial charge in [-0.2, -0.15) is 0 Å². The van der Waals surface area contributed by atoms with E-state index in [1.807, 2.05) is 0 Å². The molecule has 9 aromatic rings. The lowest BCUT2D eigenvalue weighted by atomic mass is 9.82. The molecule has 214 valence electrons. The van der Waals surface area contributed by atoms with E-state index in [2.05, 4.69) is 182 Å². The fourth-order valence-electron chi connectivity index (χ4n) is 7.41. The number of rotatable bonds is 4. The molecule has 46 heavy (non-hydrogen) atoms. The Morgan fingerprint density at radius 1 is 0.217 bits per heavy atom. The zero-order valence-corrected chi connectivity index (χ0v) is 25.3. The van der Waals surface area contributed by atoms with Crippen molar-refractivity contribution in [3.05, 3.63) is 182 Å². The van der Waals surface area contributed by atoms with E-state index in [4.69, 9.17) is 0 Å². The van der Waals surface area contributed by atoms with Gasteiger partial charge in [-0.1, -0.05) is 170 Å². The standard InChI is InChI=1S/C46H30/c1-3-15-31(16-4-1)33-27-28-38(43-30-34-19-7-8-20-35(34)36-21-9-10-22-37(36)43)44(29-33)46-41-25-13-11-23-39(41)45(32-17-5-2-6-18-32)40-24-12-14-26-42(40)46/h1-30H. The van der Waals surface area contributed by atoms with Crippen molar-refractivity contribution in [1.29, 1.82) is 0 Å². The van der Waals surface area contributed by atoms with Gasteiger partial charge in [-0.15, -0.1) is 0 Å². The van der Waals surface area contributed by atoms with Gasteiger partial charge in [-0.3, -0.25) is 0 Å². The van der Waals surface area contributed by atoms with Crippen LogP contribution in [0.1, 0.15) is 0 Å². The van der Waals surface area contributed by atoms with E-state index in [1.165, 1.54) is 87.6 Å². The van der Waals surface area contributed by atoms with Crippen LogP contribution in [0.3, 0.4) is 0 Å². The monoisotopic (exact) mass is 582 g/mol. The van der Waals surface area contributed by atoms with Crippen LogP contribution in [0.15, 0.2) is 182 Å². The van der Waals surface area contributed by atoms with Crippen LogP contribution in [0.4, 0.5) is 0 Å². The summed E-state index contributed by atoms with van der Waals surface area (Å²) in [7, 11) is 0. The number of hydrogen-bond donors (Lipinski definition) is 0. The van der Waals surface area contributed by atoms with E-state index < -0.39 is 0 Å². The molecular formula is C46H30. The minimum atomic E-state index is 1.21. The molecule has 9 rings (SSSR count). The summed E-state index contributed by atoms with van der Waals surface area (Å²) in [5.74, 6) is 0. The van der Waals surface area contributed by atoms with Crippen molar-refractivity contribution in [3.63, 3.8) is 0 Å². The molecule has 0 saturated carbocycles. The maximum Gasteiger partial charge on any atom is -0.00199 e. The van der Waals surface area contributed by atoms with Crippen LogP contribution in [0, 0.1) is 0 Å². The van der Waals surface area contributed by atoms with E-state index in [0.29, 0.717) is 0 Å². The molecule has 0 N–H and O–H groups in total. The van der Waals surface area contributed by atoms with Gasteiger partial charge in [-0.25, -0.2) is 0 Å². The van der Waals surface area contributed by atoms with E-state index >= 15 is 0 Å². The third-order valence-electron chi connectivity index (χ3n) is 9.45. The Kier molecular flexibility index (Phi) is 6.25. The third-order valence-corrected chi connectivity index (χ3v) is 9.45. The van der Waals surface area contributed by atoms with Crippen LogP contribution in [0.5, 0.6) is 0 Å². The third kappa shape index (κ3) is 4.23. The summed E-state index contributed by atoms with van der Waals surface area (Å²) in [5, 5.41) is 10.1. The molecule has 0 radical (unpaired) electrons. The van der Waals surface area contributed by atoms with Crippen molar-refractivity contribution in [1.82, 2.24) is 0 Å². The summed E-state index contributed by atoms with van der Waals surface area (Å²) in [4.78, 5) is 0. The van der Waals surface area contributed by atoms with E-state index in [-0.39, 0.29) is 0 Å². The number of benzene rings is 9. The highest BCUT2D eigenvalue weighted by molar-refractivity contribution is 6.23. The van der Waals surface area contributed by atoms with Gasteiger partial charge in [0.15, 0.2) is 0 Å². The summed E-state index contributed by atoms with van der Waals surface area (Å²) in [5.41, 5.74) is 9.96. The first-order chi connectivity index (χ1) is 22.8. The van der Waals surface area contributed by atoms with Gasteiger partial charge in [0.1, 0.15) is 0 Å². The summed E-state index contributed by atoms with van der Waals surface area (Å²) in [6, 6.07) is 66.6. The van der Waals surface area contributed by atoms with Crippen LogP contribution < -0.4 is 0 Å². The Hall–Kier alpha value is -5.98. The number of hydrogen-bond acceptors (Lipinski definition) is 0. The molecule has 0 aliphatic heterocycles. The molecule has 0 bridgehead atoms. The van der Waals surface area contributed by atoms with Crippen molar-refractivity contribution in [2.45, 2.75) is 0 Å². The molecule has 0 aliphatic carbocycles. The van der Waals surface area contributed by atoms with Crippen LogP contribution >= 0.6 is 0 Å². The maximum atomic E-state index is 2.42. The average molecular weight is 583 g/mol. The fraction of sp³-hybridized carbons (Fsp3) is 0. The molecule has 0 amide bonds. The summed E-state index contributed by atoms with van der Waals surface area (Å²) < 4.78 is 0. The highest BCUT2D eigenvalue weighted by atomic mass is 14.2. The predicted molar refractivity (Wildman–Crippen MR) is 198 cm³/mol. The van der Waals surface area contributed by atoms with Gasteiger partial charge in [0.25, 0.3) is 0 Å². The lowest BCUT2D eigenvalue weighted by molar-refractivity contribution is 1.60. The highest BCUT2D eigenvalue weighted by Crippen LogP contribution is 2.48. The Morgan fingerprint density at radius 3 is 1.33 bits per heavy atom. The SMILES string of the molecule is c1ccc(-c2ccc(-c3cc4ccccc4c4ccccc34)c(-c3c4ccccc4c(-c4ccccc4)c4ccccc34)c2)cc1. The molecule has 0 spiro atoms. The molecule has 0 nitrogen and oxygen atoms in total. The molecule has 0 fully saturated rings. The summed E-state index contributed by atoms with van der Waals surface area (Å²) in [6.45, 7) is 0. The molecule has 0 atom stereocenters. The smallest absolute Gasteiger partial charge is 0.00199 e. The number of fused-ring (bicyclic) bond motifs is 5. The molecular weight excluding hydrogens is 553 g/mol. The zero-order valence-electron chi connectivity index (χ0n) is 25.3. The van der Waals surface area contributed by atoms with Crippen LogP contribution in [-0.4, -0.2) is 0 Å². The van der Waals surface area contributed by atoms with Crippen molar-refractivity contribution in [2.75, 3.05) is 0 Å². The van der Waals surface area contributed by atoms with Gasteiger partial charge in [0.2, 0.25) is 0 Å². The lowest BCUT2D eigenvalue weighted by Crippen LogP contribution is -1.94. The molecule has 0 aromatic heterocycles. The second-order valence-corrected chi connectivity index (χ2v) is 12.0. The fourth-order valence-corrected chi connectivity index (χ4v) is 7.41. The Labute approximate surface area is 268 Å². The molecule has 9 aromatic carbocycles. The average Bonchev–Trinajstić information content (AvgIpc) is 3.14. The van der Waals surface area contributed by atoms with Gasteiger partial charge >= 0.3 is 0 Å². The van der Waals surface area contributed by atoms with Crippen molar-refractivity contribution < 1.29 is 0 Å². The first-order valence-corrected chi connectivity index (χ1v) is 15.9. The zero-order chi connectivity index (χ0) is 30.5. The largest absolute Gasteiger partial charge is 0.0622 e. The van der Waals surface area contributed by atoms with Gasteiger partial charge in [-0.05, 0) is 99.7 Å². The van der Waals surface area contributed by atoms with E-state index in [1.54, 1.807) is 0 Å². The first-order valence-electron chi connectivity index (χ1n) is 15.9. The summed E-state index contributed by atoms with van der Waals surface area (Å²) >= 11 is 0. The molecule has 0 unspecified atom stereocenters. The van der Waals surface area contributed by atoms with Gasteiger partial charge < -0.3 is 0 Å². The van der Waals surface area contributed by atoms with E-state index in [0.717, 1.165) is 0 Å². The van der Waals surface area contributed by atoms with Gasteiger partial charge in [0.05, 0.1) is 0 Å². The Bertz CT molecular complexity index is 2500. The molecule has 0 heteroatoms. The topological polar surface area (TPSA) is 0 Å². The van der Waals surface area contributed by atoms with Crippen molar-refractivity contribution in [3.8, 4) is 44.5 Å². The molecule has 0 saturated heterocycles. The van der Waals surface area contributed by atoms with Crippen molar-refractivity contribution in [2.24, 2.45) is 0 Å². The predicted octanol–water partition coefficient (Wildman–Crippen LogP) is 13.0. The highest BCUT2D eigenvalue weighted by Gasteiger charge is 2.21. The van der Waals surface area contributed by atoms with Crippen LogP contribution in [-0.2, 0) is 0 Å². The Balaban J connectivity index is 1.45. The molecule has 0 heterocycles. The van der Waals surface area contributed by atoms with Crippen molar-refractivity contribution >= 4 is 43.1 Å². The second kappa shape index (κ2) is 10.9. The quantitative estimate of drug-likeness (QED) is 0.143. The normalized spacial score (nSPS) is 11.5.